The molecule has 0 aromatic heterocycles. The van der Waals surface area contributed by atoms with Crippen molar-refractivity contribution in [2.45, 2.75) is 76.8 Å². The van der Waals surface area contributed by atoms with Crippen molar-refractivity contribution in [1.29, 1.82) is 0 Å². The predicted octanol–water partition coefficient (Wildman–Crippen LogP) is 4.09. The number of nitrogens with zero attached hydrogens (tertiary/aromatic N) is 2. The van der Waals surface area contributed by atoms with Gasteiger partial charge in [0, 0.05) is 0 Å². The fourth-order valence-corrected chi connectivity index (χ4v) is 2.84. The summed E-state index contributed by atoms with van der Waals surface area (Å²) in [5.74, 6) is 0. The lowest BCUT2D eigenvalue weighted by Gasteiger charge is -2.17. The summed E-state index contributed by atoms with van der Waals surface area (Å²) in [7, 11) is 0. The van der Waals surface area contributed by atoms with Gasteiger partial charge in [-0.2, -0.15) is 0 Å². The molecule has 0 spiro atoms. The lowest BCUT2D eigenvalue weighted by atomic mass is 10.1. The number of hydrogen-bond donors (Lipinski definition) is 0. The topological polar surface area (TPSA) is 43.2 Å². The number of isothiocyanates is 2. The summed E-state index contributed by atoms with van der Waals surface area (Å²) in [6, 6.07) is 0. The molecule has 2 rings (SSSR count). The smallest absolute Gasteiger partial charge is 0.0786 e. The summed E-state index contributed by atoms with van der Waals surface area (Å²) in [6.07, 6.45) is 4.94. The average Bonchev–Trinajstić information content (AvgIpc) is 2.96. The van der Waals surface area contributed by atoms with Crippen LogP contribution in [0.5, 0.6) is 0 Å². The van der Waals surface area contributed by atoms with E-state index in [4.69, 9.17) is 9.47 Å². The van der Waals surface area contributed by atoms with Crippen LogP contribution in [0.2, 0.25) is 0 Å². The van der Waals surface area contributed by atoms with Crippen molar-refractivity contribution in [2.75, 3.05) is 13.1 Å². The van der Waals surface area contributed by atoms with Crippen molar-refractivity contribution in [1.82, 2.24) is 0 Å². The third-order valence-electron chi connectivity index (χ3n) is 3.83. The normalized spacial score (nSPS) is 28.0. The molecule has 0 saturated carbocycles. The lowest BCUT2D eigenvalue weighted by molar-refractivity contribution is -0.0109. The van der Waals surface area contributed by atoms with Crippen molar-refractivity contribution < 1.29 is 9.47 Å². The van der Waals surface area contributed by atoms with Crippen LogP contribution in [-0.4, -0.2) is 46.8 Å². The molecule has 0 radical (unpaired) electrons. The first-order valence-corrected chi connectivity index (χ1v) is 8.52. The van der Waals surface area contributed by atoms with E-state index in [0.717, 1.165) is 25.7 Å². The maximum atomic E-state index is 5.67. The van der Waals surface area contributed by atoms with Gasteiger partial charge in [-0.1, -0.05) is 0 Å². The van der Waals surface area contributed by atoms with Crippen molar-refractivity contribution >= 4 is 34.8 Å². The zero-order chi connectivity index (χ0) is 16.6. The second-order valence-corrected chi connectivity index (χ2v) is 7.31. The second kappa shape index (κ2) is 8.97. The van der Waals surface area contributed by atoms with Crippen LogP contribution in [0.25, 0.3) is 0 Å². The van der Waals surface area contributed by atoms with E-state index in [1.807, 2.05) is 0 Å². The van der Waals surface area contributed by atoms with Crippen molar-refractivity contribution in [2.24, 2.45) is 9.98 Å². The number of ether oxygens (including phenoxy) is 2. The molecule has 4 nitrogen and oxygen atoms in total. The Morgan fingerprint density at radius 3 is 1.45 bits per heavy atom. The van der Waals surface area contributed by atoms with E-state index in [1.54, 1.807) is 0 Å². The van der Waals surface area contributed by atoms with E-state index in [-0.39, 0.29) is 23.4 Å². The molecule has 0 aromatic carbocycles. The maximum absolute atomic E-state index is 5.67. The molecular formula is C16H26N2O2S2. The Kier molecular flexibility index (Phi) is 7.98. The number of thiocarbonyl (C=S) groups is 2. The third-order valence-corrected chi connectivity index (χ3v) is 4.09. The van der Waals surface area contributed by atoms with Gasteiger partial charge >= 0.3 is 0 Å². The highest BCUT2D eigenvalue weighted by Crippen LogP contribution is 2.29. The van der Waals surface area contributed by atoms with Crippen LogP contribution in [0.3, 0.4) is 0 Å². The van der Waals surface area contributed by atoms with Gasteiger partial charge in [-0.3, -0.25) is 0 Å². The second-order valence-electron chi connectivity index (χ2n) is 6.94. The molecule has 2 aliphatic heterocycles. The molecule has 0 N–H and O–H groups in total. The van der Waals surface area contributed by atoms with Crippen LogP contribution in [0.15, 0.2) is 9.98 Å². The van der Waals surface area contributed by atoms with Crippen LogP contribution in [0.4, 0.5) is 0 Å². The van der Waals surface area contributed by atoms with Gasteiger partial charge < -0.3 is 9.47 Å². The van der Waals surface area contributed by atoms with Gasteiger partial charge in [-0.05, 0) is 77.8 Å². The highest BCUT2D eigenvalue weighted by molar-refractivity contribution is 7.78. The molecule has 0 aromatic rings. The highest BCUT2D eigenvalue weighted by atomic mass is 32.1. The molecule has 2 saturated heterocycles. The lowest BCUT2D eigenvalue weighted by Crippen LogP contribution is -2.21. The predicted molar refractivity (Wildman–Crippen MR) is 96.2 cm³/mol. The molecule has 22 heavy (non-hydrogen) atoms. The maximum Gasteiger partial charge on any atom is 0.0786 e. The standard InChI is InChI=1S/2C8H13NOS/c2*1-8(2)4-3-7(10-8)5-9-6-11/h2*7H,3-5H2,1-2H3/t2*7-/m10/s1. The summed E-state index contributed by atoms with van der Waals surface area (Å²) in [5.41, 5.74) is 0.0866. The Morgan fingerprint density at radius 2 is 1.23 bits per heavy atom. The summed E-state index contributed by atoms with van der Waals surface area (Å²) in [5, 5.41) is 4.70. The Labute approximate surface area is 144 Å². The van der Waals surface area contributed by atoms with Gasteiger partial charge in [0.2, 0.25) is 0 Å². The molecule has 6 heteroatoms. The highest BCUT2D eigenvalue weighted by Gasteiger charge is 2.31. The van der Waals surface area contributed by atoms with E-state index >= 15 is 0 Å². The molecule has 0 unspecified atom stereocenters. The van der Waals surface area contributed by atoms with E-state index in [9.17, 15) is 0 Å². The molecule has 0 amide bonds. The first-order chi connectivity index (χ1) is 10.3. The van der Waals surface area contributed by atoms with Crippen LogP contribution in [0, 0.1) is 0 Å². The minimum Gasteiger partial charge on any atom is -0.370 e. The molecule has 2 heterocycles. The molecule has 0 aliphatic carbocycles. The minimum atomic E-state index is 0.0433. The summed E-state index contributed by atoms with van der Waals surface area (Å²) < 4.78 is 11.3. The quantitative estimate of drug-likeness (QED) is 0.570. The largest absolute Gasteiger partial charge is 0.370 e. The molecule has 0 bridgehead atoms. The molecular weight excluding hydrogens is 316 g/mol. The van der Waals surface area contributed by atoms with Crippen LogP contribution in [-0.2, 0) is 9.47 Å². The van der Waals surface area contributed by atoms with Gasteiger partial charge in [0.15, 0.2) is 0 Å². The van der Waals surface area contributed by atoms with Crippen molar-refractivity contribution in [3.8, 4) is 0 Å². The average molecular weight is 343 g/mol. The molecule has 124 valence electrons. The van der Waals surface area contributed by atoms with Crippen molar-refractivity contribution in [3.05, 3.63) is 0 Å². The first kappa shape index (κ1) is 19.6. The SMILES string of the molecule is CC1(C)CC[C@@H](CN=C=S)O1.CC1(C)CC[C@H](CN=C=S)O1. The minimum absolute atomic E-state index is 0.0433. The van der Waals surface area contributed by atoms with Gasteiger partial charge in [0.25, 0.3) is 0 Å². The summed E-state index contributed by atoms with van der Waals surface area (Å²) >= 11 is 8.94. The fraction of sp³-hybridized carbons (Fsp3) is 0.875. The Morgan fingerprint density at radius 1 is 0.864 bits per heavy atom. The Hall–Kier alpha value is -0.480. The van der Waals surface area contributed by atoms with Gasteiger partial charge in [-0.25, -0.2) is 9.98 Å². The fourth-order valence-electron chi connectivity index (χ4n) is 2.69. The van der Waals surface area contributed by atoms with Gasteiger partial charge in [0.05, 0.1) is 46.8 Å². The van der Waals surface area contributed by atoms with E-state index in [2.05, 4.69) is 72.4 Å². The molecule has 2 fully saturated rings. The number of rotatable bonds is 4. The van der Waals surface area contributed by atoms with Crippen molar-refractivity contribution in [3.63, 3.8) is 0 Å². The molecule has 2 atom stereocenters. The van der Waals surface area contributed by atoms with E-state index < -0.39 is 0 Å². The first-order valence-electron chi connectivity index (χ1n) is 7.71. The van der Waals surface area contributed by atoms with Gasteiger partial charge in [0.1, 0.15) is 0 Å². The number of hydrogen-bond acceptors (Lipinski definition) is 6. The van der Waals surface area contributed by atoms with E-state index in [0.29, 0.717) is 13.1 Å². The zero-order valence-electron chi connectivity index (χ0n) is 13.9. The van der Waals surface area contributed by atoms with Crippen LogP contribution in [0.1, 0.15) is 53.4 Å². The Bertz CT molecular complexity index is 411. The molecule has 2 aliphatic rings. The number of aliphatic imine (C=N–C) groups is 2. The Balaban J connectivity index is 0.000000220. The zero-order valence-corrected chi connectivity index (χ0v) is 15.6. The third kappa shape index (κ3) is 7.68. The van der Waals surface area contributed by atoms with Crippen LogP contribution >= 0.6 is 24.4 Å². The monoisotopic (exact) mass is 342 g/mol. The summed E-state index contributed by atoms with van der Waals surface area (Å²) in [6.45, 7) is 9.77. The van der Waals surface area contributed by atoms with Gasteiger partial charge in [-0.15, -0.1) is 0 Å². The van der Waals surface area contributed by atoms with Crippen LogP contribution < -0.4 is 0 Å². The summed E-state index contributed by atoms with van der Waals surface area (Å²) in [4.78, 5) is 7.72. The van der Waals surface area contributed by atoms with E-state index in [1.165, 1.54) is 0 Å².